The van der Waals surface area contributed by atoms with Crippen LogP contribution >= 0.6 is 11.8 Å². The topological polar surface area (TPSA) is 32.3 Å². The number of hydrogen-bond acceptors (Lipinski definition) is 2. The molecule has 0 bridgehead atoms. The van der Waals surface area contributed by atoms with Gasteiger partial charge in [0.25, 0.3) is 0 Å². The monoisotopic (exact) mass is 338 g/mol. The highest BCUT2D eigenvalue weighted by molar-refractivity contribution is 7.99. The van der Waals surface area contributed by atoms with Crippen LogP contribution < -0.4 is 10.2 Å². The number of amides is 2. The number of rotatable bonds is 2. The van der Waals surface area contributed by atoms with Crippen molar-refractivity contribution in [1.29, 1.82) is 0 Å². The number of para-hydroxylation sites is 2. The van der Waals surface area contributed by atoms with E-state index in [0.29, 0.717) is 5.92 Å². The molecule has 1 aliphatic heterocycles. The Labute approximate surface area is 147 Å². The summed E-state index contributed by atoms with van der Waals surface area (Å²) in [7, 11) is 0. The van der Waals surface area contributed by atoms with Crippen molar-refractivity contribution in [3.8, 4) is 0 Å². The molecule has 24 heavy (non-hydrogen) atoms. The quantitative estimate of drug-likeness (QED) is 0.775. The normalized spacial score (nSPS) is 17.1. The summed E-state index contributed by atoms with van der Waals surface area (Å²) >= 11 is 1.73. The third-order valence-electron chi connectivity index (χ3n) is 4.90. The Morgan fingerprint density at radius 1 is 0.958 bits per heavy atom. The number of carbonyl (C=O) groups excluding carboxylic acids is 1. The number of hydrogen-bond donors (Lipinski definition) is 1. The highest BCUT2D eigenvalue weighted by atomic mass is 32.2. The number of benzene rings is 2. The van der Waals surface area contributed by atoms with Crippen LogP contribution in [0.4, 0.5) is 16.2 Å². The average Bonchev–Trinajstić information content (AvgIpc) is 2.65. The lowest BCUT2D eigenvalue weighted by Gasteiger charge is -2.32. The van der Waals surface area contributed by atoms with Crippen LogP contribution in [0, 0.1) is 5.92 Å². The lowest BCUT2D eigenvalue weighted by atomic mass is 9.89. The van der Waals surface area contributed by atoms with E-state index in [4.69, 9.17) is 0 Å². The van der Waals surface area contributed by atoms with Crippen LogP contribution in [-0.4, -0.2) is 12.6 Å². The molecule has 4 rings (SSSR count). The first-order valence-corrected chi connectivity index (χ1v) is 9.58. The maximum absolute atomic E-state index is 13.0. The Balaban J connectivity index is 1.58. The summed E-state index contributed by atoms with van der Waals surface area (Å²) < 4.78 is 0. The molecule has 124 valence electrons. The number of anilines is 2. The standard InChI is InChI=1S/C20H22N2OS/c23-20(21-14-15-8-2-1-3-9-15)22-16-10-4-6-12-18(16)24-19-13-7-5-11-17(19)22/h4-7,10-13,15H,1-3,8-9,14H2,(H,21,23). The fourth-order valence-electron chi connectivity index (χ4n) is 3.63. The fraction of sp³-hybridized carbons (Fsp3) is 0.350. The second kappa shape index (κ2) is 6.89. The predicted molar refractivity (Wildman–Crippen MR) is 99.1 cm³/mol. The van der Waals surface area contributed by atoms with E-state index in [1.165, 1.54) is 32.1 Å². The van der Waals surface area contributed by atoms with Crippen molar-refractivity contribution in [3.63, 3.8) is 0 Å². The van der Waals surface area contributed by atoms with Crippen LogP contribution in [0.5, 0.6) is 0 Å². The smallest absolute Gasteiger partial charge is 0.326 e. The van der Waals surface area contributed by atoms with Gasteiger partial charge < -0.3 is 5.32 Å². The maximum Gasteiger partial charge on any atom is 0.326 e. The van der Waals surface area contributed by atoms with Crippen molar-refractivity contribution in [2.24, 2.45) is 5.92 Å². The molecule has 0 saturated heterocycles. The Hall–Kier alpha value is -1.94. The summed E-state index contributed by atoms with van der Waals surface area (Å²) in [6, 6.07) is 16.2. The Morgan fingerprint density at radius 3 is 2.17 bits per heavy atom. The number of carbonyl (C=O) groups is 1. The van der Waals surface area contributed by atoms with Crippen LogP contribution in [0.3, 0.4) is 0 Å². The molecule has 4 heteroatoms. The minimum atomic E-state index is -0.0132. The summed E-state index contributed by atoms with van der Waals surface area (Å²) in [5.74, 6) is 0.632. The molecule has 1 fully saturated rings. The van der Waals surface area contributed by atoms with Gasteiger partial charge in [-0.3, -0.25) is 4.90 Å². The van der Waals surface area contributed by atoms with Crippen molar-refractivity contribution in [1.82, 2.24) is 5.32 Å². The molecular weight excluding hydrogens is 316 g/mol. The molecular formula is C20H22N2OS. The number of urea groups is 1. The van der Waals surface area contributed by atoms with Gasteiger partial charge in [-0.1, -0.05) is 55.3 Å². The first-order valence-electron chi connectivity index (χ1n) is 8.77. The summed E-state index contributed by atoms with van der Waals surface area (Å²) in [4.78, 5) is 17.1. The average molecular weight is 338 g/mol. The van der Waals surface area contributed by atoms with Gasteiger partial charge in [-0.15, -0.1) is 0 Å². The van der Waals surface area contributed by atoms with Gasteiger partial charge in [0, 0.05) is 16.3 Å². The van der Waals surface area contributed by atoms with Gasteiger partial charge in [0.05, 0.1) is 11.4 Å². The zero-order chi connectivity index (χ0) is 16.4. The minimum Gasteiger partial charge on any atom is -0.337 e. The second-order valence-electron chi connectivity index (χ2n) is 6.56. The van der Waals surface area contributed by atoms with Crippen LogP contribution in [-0.2, 0) is 0 Å². The SMILES string of the molecule is O=C(NCC1CCCCC1)N1c2ccccc2Sc2ccccc21. The van der Waals surface area contributed by atoms with Gasteiger partial charge in [0.15, 0.2) is 0 Å². The molecule has 0 aromatic heterocycles. The van der Waals surface area contributed by atoms with E-state index in [0.717, 1.165) is 27.7 Å². The van der Waals surface area contributed by atoms with Gasteiger partial charge >= 0.3 is 6.03 Å². The zero-order valence-electron chi connectivity index (χ0n) is 13.7. The third kappa shape index (κ3) is 3.03. The maximum atomic E-state index is 13.0. The van der Waals surface area contributed by atoms with E-state index in [-0.39, 0.29) is 6.03 Å². The van der Waals surface area contributed by atoms with Crippen LogP contribution in [0.1, 0.15) is 32.1 Å². The van der Waals surface area contributed by atoms with Crippen LogP contribution in [0.15, 0.2) is 58.3 Å². The first kappa shape index (κ1) is 15.6. The molecule has 1 saturated carbocycles. The minimum absolute atomic E-state index is 0.0132. The molecule has 0 unspecified atom stereocenters. The van der Waals surface area contributed by atoms with Crippen molar-refractivity contribution in [2.45, 2.75) is 41.9 Å². The number of nitrogens with zero attached hydrogens (tertiary/aromatic N) is 1. The van der Waals surface area contributed by atoms with Gasteiger partial charge in [-0.05, 0) is 43.0 Å². The van der Waals surface area contributed by atoms with Crippen LogP contribution in [0.2, 0.25) is 0 Å². The third-order valence-corrected chi connectivity index (χ3v) is 6.03. The summed E-state index contributed by atoms with van der Waals surface area (Å²) in [6.45, 7) is 0.785. The van der Waals surface area contributed by atoms with E-state index < -0.39 is 0 Å². The molecule has 1 aliphatic carbocycles. The highest BCUT2D eigenvalue weighted by Crippen LogP contribution is 2.47. The van der Waals surface area contributed by atoms with Crippen molar-refractivity contribution < 1.29 is 4.79 Å². The molecule has 2 aromatic carbocycles. The molecule has 2 aromatic rings. The molecule has 2 aliphatic rings. The molecule has 1 N–H and O–H groups in total. The zero-order valence-corrected chi connectivity index (χ0v) is 14.5. The Bertz CT molecular complexity index is 694. The van der Waals surface area contributed by atoms with Gasteiger partial charge in [0.1, 0.15) is 0 Å². The van der Waals surface area contributed by atoms with Gasteiger partial charge in [-0.2, -0.15) is 0 Å². The fourth-order valence-corrected chi connectivity index (χ4v) is 4.68. The van der Waals surface area contributed by atoms with E-state index in [1.54, 1.807) is 11.8 Å². The van der Waals surface area contributed by atoms with Crippen molar-refractivity contribution >= 4 is 29.2 Å². The molecule has 1 heterocycles. The predicted octanol–water partition coefficient (Wildman–Crippen LogP) is 5.58. The number of fused-ring (bicyclic) bond motifs is 2. The lowest BCUT2D eigenvalue weighted by Crippen LogP contribution is -2.40. The van der Waals surface area contributed by atoms with Gasteiger partial charge in [-0.25, -0.2) is 4.79 Å². The highest BCUT2D eigenvalue weighted by Gasteiger charge is 2.28. The molecule has 0 atom stereocenters. The second-order valence-corrected chi connectivity index (χ2v) is 7.65. The summed E-state index contributed by atoms with van der Waals surface area (Å²) in [5.41, 5.74) is 1.95. The number of nitrogens with one attached hydrogen (secondary N) is 1. The molecule has 0 spiro atoms. The van der Waals surface area contributed by atoms with Crippen molar-refractivity contribution in [3.05, 3.63) is 48.5 Å². The largest absolute Gasteiger partial charge is 0.337 e. The van der Waals surface area contributed by atoms with E-state index >= 15 is 0 Å². The molecule has 0 radical (unpaired) electrons. The Morgan fingerprint density at radius 2 is 1.54 bits per heavy atom. The molecule has 3 nitrogen and oxygen atoms in total. The van der Waals surface area contributed by atoms with E-state index in [2.05, 4.69) is 17.4 Å². The molecule has 2 amide bonds. The van der Waals surface area contributed by atoms with E-state index in [9.17, 15) is 4.79 Å². The van der Waals surface area contributed by atoms with Crippen molar-refractivity contribution in [2.75, 3.05) is 11.4 Å². The van der Waals surface area contributed by atoms with E-state index in [1.807, 2.05) is 41.3 Å². The lowest BCUT2D eigenvalue weighted by molar-refractivity contribution is 0.243. The summed E-state index contributed by atoms with van der Waals surface area (Å²) in [5, 5.41) is 3.18. The summed E-state index contributed by atoms with van der Waals surface area (Å²) in [6.07, 6.45) is 6.42. The van der Waals surface area contributed by atoms with Gasteiger partial charge in [0.2, 0.25) is 0 Å². The Kier molecular flexibility index (Phi) is 4.48. The first-order chi connectivity index (χ1) is 11.8. The van der Waals surface area contributed by atoms with Crippen LogP contribution in [0.25, 0.3) is 0 Å².